The molecule has 2 atom stereocenters. The van der Waals surface area contributed by atoms with Crippen molar-refractivity contribution in [2.24, 2.45) is 5.92 Å². The van der Waals surface area contributed by atoms with Crippen molar-refractivity contribution in [3.05, 3.63) is 35.4 Å². The summed E-state index contributed by atoms with van der Waals surface area (Å²) in [6.45, 7) is 1.16. The van der Waals surface area contributed by atoms with Gasteiger partial charge in [-0.1, -0.05) is 12.1 Å². The van der Waals surface area contributed by atoms with Crippen molar-refractivity contribution < 1.29 is 14.6 Å². The molecular weight excluding hydrogens is 254 g/mol. The zero-order chi connectivity index (χ0) is 13.9. The number of aliphatic hydroxyl groups is 1. The molecule has 2 N–H and O–H groups in total. The van der Waals surface area contributed by atoms with E-state index in [1.165, 1.54) is 12.8 Å². The molecule has 1 heterocycles. The van der Waals surface area contributed by atoms with E-state index < -0.39 is 0 Å². The number of carbonyl (C=O) groups excluding carboxylic acids is 1. The number of hydrogen-bond donors (Lipinski definition) is 2. The molecule has 1 saturated carbocycles. The molecule has 4 nitrogen and oxygen atoms in total. The number of hydrogen-bond acceptors (Lipinski definition) is 3. The van der Waals surface area contributed by atoms with Gasteiger partial charge in [0.1, 0.15) is 0 Å². The Kier molecular flexibility index (Phi) is 4.03. The average Bonchev–Trinajstić information content (AvgIpc) is 3.30. The third-order valence-corrected chi connectivity index (χ3v) is 4.02. The standard InChI is InChI=1S/C16H21NO3/c18-14-6-7-15(20-10-14)12-2-1-3-13(8-12)16(19)17-9-11-4-5-11/h1-3,8,11,14-15,18H,4-7,9-10H2,(H,17,19). The highest BCUT2D eigenvalue weighted by atomic mass is 16.5. The van der Waals surface area contributed by atoms with E-state index in [1.54, 1.807) is 0 Å². The van der Waals surface area contributed by atoms with Crippen molar-refractivity contribution in [3.8, 4) is 0 Å². The van der Waals surface area contributed by atoms with E-state index in [0.29, 0.717) is 18.1 Å². The van der Waals surface area contributed by atoms with Crippen molar-refractivity contribution in [1.29, 1.82) is 0 Å². The van der Waals surface area contributed by atoms with Crippen LogP contribution in [0.15, 0.2) is 24.3 Å². The summed E-state index contributed by atoms with van der Waals surface area (Å²) < 4.78 is 5.64. The average molecular weight is 275 g/mol. The third kappa shape index (κ3) is 3.38. The minimum Gasteiger partial charge on any atom is -0.391 e. The van der Waals surface area contributed by atoms with Crippen LogP contribution in [0.3, 0.4) is 0 Å². The Bertz CT molecular complexity index is 476. The number of carbonyl (C=O) groups is 1. The van der Waals surface area contributed by atoms with Crippen LogP contribution < -0.4 is 5.32 Å². The Morgan fingerprint density at radius 3 is 2.85 bits per heavy atom. The van der Waals surface area contributed by atoms with E-state index in [4.69, 9.17) is 4.74 Å². The zero-order valence-corrected chi connectivity index (χ0v) is 11.5. The maximum Gasteiger partial charge on any atom is 0.251 e. The van der Waals surface area contributed by atoms with E-state index in [1.807, 2.05) is 24.3 Å². The second-order valence-electron chi connectivity index (χ2n) is 5.83. The molecule has 0 spiro atoms. The number of ether oxygens (including phenoxy) is 1. The van der Waals surface area contributed by atoms with Crippen molar-refractivity contribution in [3.63, 3.8) is 0 Å². The fourth-order valence-corrected chi connectivity index (χ4v) is 2.54. The predicted octanol–water partition coefficient (Wildman–Crippen LogP) is 2.04. The van der Waals surface area contributed by atoms with E-state index in [2.05, 4.69) is 5.32 Å². The molecule has 4 heteroatoms. The van der Waals surface area contributed by atoms with Gasteiger partial charge in [0.05, 0.1) is 18.8 Å². The van der Waals surface area contributed by atoms with Gasteiger partial charge < -0.3 is 15.2 Å². The first-order valence-corrected chi connectivity index (χ1v) is 7.40. The van der Waals surface area contributed by atoms with E-state index in [9.17, 15) is 9.90 Å². The molecule has 1 aromatic carbocycles. The maximum absolute atomic E-state index is 12.1. The lowest BCUT2D eigenvalue weighted by atomic mass is 9.98. The van der Waals surface area contributed by atoms with Crippen LogP contribution in [0.2, 0.25) is 0 Å². The van der Waals surface area contributed by atoms with E-state index in [-0.39, 0.29) is 18.1 Å². The molecule has 3 rings (SSSR count). The summed E-state index contributed by atoms with van der Waals surface area (Å²) in [5.74, 6) is 0.680. The van der Waals surface area contributed by atoms with Crippen molar-refractivity contribution >= 4 is 5.91 Å². The van der Waals surface area contributed by atoms with Crippen LogP contribution in [0.1, 0.15) is 47.7 Å². The maximum atomic E-state index is 12.1. The molecule has 1 amide bonds. The highest BCUT2D eigenvalue weighted by Crippen LogP contribution is 2.29. The first-order chi connectivity index (χ1) is 9.72. The number of rotatable bonds is 4. The summed E-state index contributed by atoms with van der Waals surface area (Å²) in [6.07, 6.45) is 3.67. The topological polar surface area (TPSA) is 58.6 Å². The molecule has 1 aliphatic heterocycles. The van der Waals surface area contributed by atoms with Crippen LogP contribution in [-0.4, -0.2) is 30.3 Å². The van der Waals surface area contributed by atoms with Crippen LogP contribution in [0.5, 0.6) is 0 Å². The van der Waals surface area contributed by atoms with Gasteiger partial charge in [-0.05, 0) is 49.3 Å². The van der Waals surface area contributed by atoms with Crippen molar-refractivity contribution in [1.82, 2.24) is 5.32 Å². The van der Waals surface area contributed by atoms with Gasteiger partial charge in [0.25, 0.3) is 5.91 Å². The van der Waals surface area contributed by atoms with E-state index in [0.717, 1.165) is 24.9 Å². The van der Waals surface area contributed by atoms with Crippen molar-refractivity contribution in [2.75, 3.05) is 13.2 Å². The Morgan fingerprint density at radius 2 is 2.15 bits per heavy atom. The first kappa shape index (κ1) is 13.6. The summed E-state index contributed by atoms with van der Waals surface area (Å²) in [4.78, 5) is 12.1. The normalized spacial score (nSPS) is 26.2. The van der Waals surface area contributed by atoms with Crippen LogP contribution in [-0.2, 0) is 4.74 Å². The zero-order valence-electron chi connectivity index (χ0n) is 11.5. The Labute approximate surface area is 119 Å². The fraction of sp³-hybridized carbons (Fsp3) is 0.562. The molecule has 0 radical (unpaired) electrons. The minimum atomic E-state index is -0.351. The summed E-state index contributed by atoms with van der Waals surface area (Å²) >= 11 is 0. The monoisotopic (exact) mass is 275 g/mol. The van der Waals surface area contributed by atoms with Gasteiger partial charge in [0.2, 0.25) is 0 Å². The minimum absolute atomic E-state index is 0.00501. The summed E-state index contributed by atoms with van der Waals surface area (Å²) in [5, 5.41) is 12.4. The van der Waals surface area contributed by atoms with Gasteiger partial charge in [-0.15, -0.1) is 0 Å². The first-order valence-electron chi connectivity index (χ1n) is 7.40. The largest absolute Gasteiger partial charge is 0.391 e. The van der Waals surface area contributed by atoms with Gasteiger partial charge in [-0.2, -0.15) is 0 Å². The van der Waals surface area contributed by atoms with Crippen LogP contribution >= 0.6 is 0 Å². The van der Waals surface area contributed by atoms with Gasteiger partial charge in [-0.3, -0.25) is 4.79 Å². The molecule has 2 aliphatic rings. The predicted molar refractivity (Wildman–Crippen MR) is 75.4 cm³/mol. The molecule has 0 aromatic heterocycles. The molecule has 20 heavy (non-hydrogen) atoms. The third-order valence-electron chi connectivity index (χ3n) is 4.02. The Balaban J connectivity index is 1.63. The van der Waals surface area contributed by atoms with Gasteiger partial charge in [0.15, 0.2) is 0 Å². The van der Waals surface area contributed by atoms with Gasteiger partial charge in [0, 0.05) is 12.1 Å². The molecule has 2 fully saturated rings. The van der Waals surface area contributed by atoms with Gasteiger partial charge in [-0.25, -0.2) is 0 Å². The highest BCUT2D eigenvalue weighted by molar-refractivity contribution is 5.94. The van der Waals surface area contributed by atoms with Crippen LogP contribution in [0.25, 0.3) is 0 Å². The molecule has 1 aromatic rings. The van der Waals surface area contributed by atoms with Crippen molar-refractivity contribution in [2.45, 2.75) is 37.9 Å². The Morgan fingerprint density at radius 1 is 1.30 bits per heavy atom. The second-order valence-corrected chi connectivity index (χ2v) is 5.83. The summed E-state index contributed by atoms with van der Waals surface area (Å²) in [5.41, 5.74) is 1.72. The summed E-state index contributed by atoms with van der Waals surface area (Å²) in [6, 6.07) is 7.63. The fourth-order valence-electron chi connectivity index (χ4n) is 2.54. The quantitative estimate of drug-likeness (QED) is 0.884. The lowest BCUT2D eigenvalue weighted by molar-refractivity contribution is -0.0568. The lowest BCUT2D eigenvalue weighted by Gasteiger charge is -2.26. The molecule has 0 bridgehead atoms. The molecule has 2 unspecified atom stereocenters. The molecule has 1 aliphatic carbocycles. The molecular formula is C16H21NO3. The molecule has 1 saturated heterocycles. The SMILES string of the molecule is O=C(NCC1CC1)c1cccc(C2CCC(O)CO2)c1. The van der Waals surface area contributed by atoms with Crippen LogP contribution in [0, 0.1) is 5.92 Å². The Hall–Kier alpha value is -1.39. The highest BCUT2D eigenvalue weighted by Gasteiger charge is 2.23. The number of nitrogens with one attached hydrogen (secondary N) is 1. The number of benzene rings is 1. The molecule has 108 valence electrons. The van der Waals surface area contributed by atoms with E-state index >= 15 is 0 Å². The van der Waals surface area contributed by atoms with Gasteiger partial charge >= 0.3 is 0 Å². The lowest BCUT2D eigenvalue weighted by Crippen LogP contribution is -2.26. The number of amides is 1. The smallest absolute Gasteiger partial charge is 0.251 e. The summed E-state index contributed by atoms with van der Waals surface area (Å²) in [7, 11) is 0. The second kappa shape index (κ2) is 5.94. The van der Waals surface area contributed by atoms with Crippen LogP contribution in [0.4, 0.5) is 0 Å². The number of aliphatic hydroxyl groups excluding tert-OH is 1.